The third-order valence-electron chi connectivity index (χ3n) is 1.64. The Kier molecular flexibility index (Phi) is 2.19. The summed E-state index contributed by atoms with van der Waals surface area (Å²) in [6.07, 6.45) is 2.40. The van der Waals surface area contributed by atoms with E-state index in [9.17, 15) is 9.90 Å². The van der Waals surface area contributed by atoms with Crippen LogP contribution in [-0.2, 0) is 10.4 Å². The zero-order chi connectivity index (χ0) is 9.19. The average Bonchev–Trinajstić information content (AvgIpc) is 2.32. The van der Waals surface area contributed by atoms with E-state index in [1.165, 1.54) is 19.5 Å². The third-order valence-corrected chi connectivity index (χ3v) is 1.64. The van der Waals surface area contributed by atoms with E-state index in [0.717, 1.165) is 0 Å². The summed E-state index contributed by atoms with van der Waals surface area (Å²) >= 11 is 0. The topological polar surface area (TPSA) is 70.7 Å². The molecule has 0 amide bonds. The number of furan rings is 1. The summed E-state index contributed by atoms with van der Waals surface area (Å²) in [5.74, 6) is -1.04. The summed E-state index contributed by atoms with van der Waals surface area (Å²) in [7, 11) is 0. The average molecular weight is 170 g/mol. The molecule has 1 rings (SSSR count). The molecule has 0 aromatic carbocycles. The minimum Gasteiger partial charge on any atom is -0.481 e. The number of hydrogen-bond acceptors (Lipinski definition) is 3. The molecule has 4 nitrogen and oxygen atoms in total. The van der Waals surface area contributed by atoms with Crippen LogP contribution >= 0.6 is 0 Å². The first kappa shape index (κ1) is 8.80. The molecule has 1 aromatic heterocycles. The summed E-state index contributed by atoms with van der Waals surface area (Å²) in [4.78, 5) is 10.3. The molecule has 0 saturated carbocycles. The number of rotatable bonds is 3. The van der Waals surface area contributed by atoms with Gasteiger partial charge in [-0.3, -0.25) is 4.79 Å². The van der Waals surface area contributed by atoms with E-state index < -0.39 is 11.6 Å². The van der Waals surface area contributed by atoms with Crippen LogP contribution in [0.4, 0.5) is 0 Å². The molecule has 0 aliphatic heterocycles. The summed E-state index contributed by atoms with van der Waals surface area (Å²) in [6.45, 7) is 1.44. The fourth-order valence-electron chi connectivity index (χ4n) is 0.967. The molecule has 66 valence electrons. The summed E-state index contributed by atoms with van der Waals surface area (Å²) < 4.78 is 4.73. The van der Waals surface area contributed by atoms with Gasteiger partial charge < -0.3 is 14.6 Å². The highest BCUT2D eigenvalue weighted by atomic mass is 16.4. The van der Waals surface area contributed by atoms with Crippen molar-refractivity contribution < 1.29 is 19.4 Å². The van der Waals surface area contributed by atoms with Gasteiger partial charge in [-0.15, -0.1) is 0 Å². The molecule has 1 aromatic rings. The van der Waals surface area contributed by atoms with Crippen molar-refractivity contribution in [3.8, 4) is 0 Å². The van der Waals surface area contributed by atoms with Crippen LogP contribution in [0.15, 0.2) is 23.0 Å². The van der Waals surface area contributed by atoms with Crippen LogP contribution < -0.4 is 0 Å². The Labute approximate surface area is 69.4 Å². The van der Waals surface area contributed by atoms with Crippen LogP contribution in [0.1, 0.15) is 18.9 Å². The monoisotopic (exact) mass is 170 g/mol. The Morgan fingerprint density at radius 2 is 2.42 bits per heavy atom. The number of carbonyl (C=O) groups is 1. The van der Waals surface area contributed by atoms with Crippen LogP contribution in [-0.4, -0.2) is 16.2 Å². The molecule has 4 heteroatoms. The van der Waals surface area contributed by atoms with E-state index >= 15 is 0 Å². The van der Waals surface area contributed by atoms with Gasteiger partial charge in [0.2, 0.25) is 0 Å². The molecule has 1 atom stereocenters. The highest BCUT2D eigenvalue weighted by Crippen LogP contribution is 2.24. The molecule has 0 spiro atoms. The molecule has 0 fully saturated rings. The quantitative estimate of drug-likeness (QED) is 0.708. The molecule has 1 unspecified atom stereocenters. The Balaban J connectivity index is 2.79. The van der Waals surface area contributed by atoms with Gasteiger partial charge in [-0.25, -0.2) is 0 Å². The maximum absolute atomic E-state index is 10.3. The highest BCUT2D eigenvalue weighted by Gasteiger charge is 2.27. The van der Waals surface area contributed by atoms with Crippen LogP contribution in [0.5, 0.6) is 0 Å². The molecule has 0 radical (unpaired) electrons. The normalized spacial score (nSPS) is 15.5. The molecule has 0 aliphatic carbocycles. The van der Waals surface area contributed by atoms with Crippen molar-refractivity contribution >= 4 is 5.97 Å². The second-order valence-electron chi connectivity index (χ2n) is 2.86. The van der Waals surface area contributed by atoms with Crippen LogP contribution in [0.3, 0.4) is 0 Å². The predicted molar refractivity (Wildman–Crippen MR) is 40.5 cm³/mol. The minimum atomic E-state index is -1.35. The van der Waals surface area contributed by atoms with Gasteiger partial charge in [0, 0.05) is 5.56 Å². The lowest BCUT2D eigenvalue weighted by molar-refractivity contribution is -0.142. The van der Waals surface area contributed by atoms with Gasteiger partial charge in [0.05, 0.1) is 18.9 Å². The fourth-order valence-corrected chi connectivity index (χ4v) is 0.967. The molecule has 0 bridgehead atoms. The van der Waals surface area contributed by atoms with Gasteiger partial charge in [0.1, 0.15) is 5.60 Å². The maximum Gasteiger partial charge on any atom is 0.306 e. The van der Waals surface area contributed by atoms with Gasteiger partial charge in [0.15, 0.2) is 0 Å². The second kappa shape index (κ2) is 2.98. The molecular weight excluding hydrogens is 160 g/mol. The van der Waals surface area contributed by atoms with Gasteiger partial charge in [0.25, 0.3) is 0 Å². The number of carboxylic acid groups (broad SMARTS) is 1. The van der Waals surface area contributed by atoms with Gasteiger partial charge in [-0.05, 0) is 13.0 Å². The van der Waals surface area contributed by atoms with Crippen molar-refractivity contribution in [2.45, 2.75) is 18.9 Å². The maximum atomic E-state index is 10.3. The lowest BCUT2D eigenvalue weighted by atomic mass is 9.95. The summed E-state index contributed by atoms with van der Waals surface area (Å²) in [5, 5.41) is 18.1. The number of aliphatic hydroxyl groups is 1. The first-order chi connectivity index (χ1) is 5.52. The van der Waals surface area contributed by atoms with Gasteiger partial charge in [-0.2, -0.15) is 0 Å². The lowest BCUT2D eigenvalue weighted by Crippen LogP contribution is -2.24. The molecule has 0 aliphatic rings. The van der Waals surface area contributed by atoms with Gasteiger partial charge >= 0.3 is 5.97 Å². The first-order valence-electron chi connectivity index (χ1n) is 3.49. The van der Waals surface area contributed by atoms with E-state index in [0.29, 0.717) is 5.56 Å². The highest BCUT2D eigenvalue weighted by molar-refractivity contribution is 5.68. The Morgan fingerprint density at radius 3 is 2.83 bits per heavy atom. The van der Waals surface area contributed by atoms with Crippen LogP contribution in [0, 0.1) is 0 Å². The molecule has 1 heterocycles. The third kappa shape index (κ3) is 1.85. The molecule has 0 saturated heterocycles. The standard InChI is InChI=1S/C8H10O4/c1-8(11,4-7(9)10)6-2-3-12-5-6/h2-3,5,11H,4H2,1H3,(H,9,10). The minimum absolute atomic E-state index is 0.327. The number of hydrogen-bond donors (Lipinski definition) is 2. The molecule has 12 heavy (non-hydrogen) atoms. The van der Waals surface area contributed by atoms with Gasteiger partial charge in [-0.1, -0.05) is 0 Å². The summed E-state index contributed by atoms with van der Waals surface area (Å²) in [6, 6.07) is 1.54. The Morgan fingerprint density at radius 1 is 1.75 bits per heavy atom. The smallest absolute Gasteiger partial charge is 0.306 e. The number of carboxylic acids is 1. The zero-order valence-corrected chi connectivity index (χ0v) is 6.65. The zero-order valence-electron chi connectivity index (χ0n) is 6.65. The molecular formula is C8H10O4. The SMILES string of the molecule is CC(O)(CC(=O)O)c1ccoc1. The largest absolute Gasteiger partial charge is 0.481 e. The van der Waals surface area contributed by atoms with Crippen molar-refractivity contribution in [2.75, 3.05) is 0 Å². The van der Waals surface area contributed by atoms with Crippen LogP contribution in [0.2, 0.25) is 0 Å². The van der Waals surface area contributed by atoms with Crippen molar-refractivity contribution in [1.29, 1.82) is 0 Å². The van der Waals surface area contributed by atoms with Crippen molar-refractivity contribution in [1.82, 2.24) is 0 Å². The van der Waals surface area contributed by atoms with Crippen LogP contribution in [0.25, 0.3) is 0 Å². The van der Waals surface area contributed by atoms with E-state index in [-0.39, 0.29) is 6.42 Å². The first-order valence-corrected chi connectivity index (χ1v) is 3.49. The van der Waals surface area contributed by atoms with E-state index in [1.54, 1.807) is 6.07 Å². The molecule has 2 N–H and O–H groups in total. The van der Waals surface area contributed by atoms with E-state index in [4.69, 9.17) is 9.52 Å². The second-order valence-corrected chi connectivity index (χ2v) is 2.86. The Hall–Kier alpha value is -1.29. The van der Waals surface area contributed by atoms with Crippen molar-refractivity contribution in [3.63, 3.8) is 0 Å². The van der Waals surface area contributed by atoms with Crippen molar-refractivity contribution in [2.24, 2.45) is 0 Å². The van der Waals surface area contributed by atoms with Crippen molar-refractivity contribution in [3.05, 3.63) is 24.2 Å². The van der Waals surface area contributed by atoms with E-state index in [1.807, 2.05) is 0 Å². The predicted octanol–water partition coefficient (Wildman–Crippen LogP) is 0.962. The fraction of sp³-hybridized carbons (Fsp3) is 0.375. The summed E-state index contributed by atoms with van der Waals surface area (Å²) in [5.41, 5.74) is -0.872. The van der Waals surface area contributed by atoms with E-state index in [2.05, 4.69) is 0 Å². The number of aliphatic carboxylic acids is 1. The lowest BCUT2D eigenvalue weighted by Gasteiger charge is -2.18. The Bertz CT molecular complexity index is 261.